The van der Waals surface area contributed by atoms with E-state index in [2.05, 4.69) is 4.74 Å². The van der Waals surface area contributed by atoms with E-state index in [9.17, 15) is 4.79 Å². The third kappa shape index (κ3) is 1.61. The second-order valence-corrected chi connectivity index (χ2v) is 2.60. The average Bonchev–Trinajstić information content (AvgIpc) is 2.03. The predicted octanol–water partition coefficient (Wildman–Crippen LogP) is 0.920. The first-order valence-electron chi connectivity index (χ1n) is 3.29. The molecule has 0 saturated carbocycles. The zero-order valence-electron chi connectivity index (χ0n) is 6.50. The first-order chi connectivity index (χ1) is 5.66. The van der Waals surface area contributed by atoms with E-state index in [1.807, 2.05) is 0 Å². The number of benzene rings is 1. The van der Waals surface area contributed by atoms with Gasteiger partial charge in [0.05, 0.1) is 17.7 Å². The van der Waals surface area contributed by atoms with Gasteiger partial charge >= 0.3 is 5.97 Å². The van der Waals surface area contributed by atoms with E-state index in [1.165, 1.54) is 7.11 Å². The highest BCUT2D eigenvalue weighted by Gasteiger charge is 2.11. The normalized spacial score (nSPS) is 9.50. The van der Waals surface area contributed by atoms with Gasteiger partial charge in [-0.05, 0) is 6.07 Å². The lowest BCUT2D eigenvalue weighted by Gasteiger charge is -2.04. The minimum atomic E-state index is -0.516. The Labute approximate surface area is 76.9 Å². The van der Waals surface area contributed by atoms with Crippen LogP contribution in [0.5, 0.6) is 0 Å². The molecule has 0 saturated heterocycles. The zero-order valence-corrected chi connectivity index (χ0v) is 7.26. The second kappa shape index (κ2) is 3.63. The fourth-order valence-electron chi connectivity index (χ4n) is 0.858. The summed E-state index contributed by atoms with van der Waals surface area (Å²) in [5.74, 6) is -0.516. The van der Waals surface area contributed by atoms with E-state index in [0.29, 0.717) is 10.5 Å². The van der Waals surface area contributed by atoms with Crippen LogP contribution in [0.3, 0.4) is 0 Å². The quantitative estimate of drug-likeness (QED) is 0.474. The van der Waals surface area contributed by atoms with Gasteiger partial charge < -0.3 is 4.74 Å². The Kier molecular flexibility index (Phi) is 2.76. The maximum absolute atomic E-state index is 11.1. The summed E-state index contributed by atoms with van der Waals surface area (Å²) in [5.41, 5.74) is 0.552. The molecule has 12 heavy (non-hydrogen) atoms. The number of carbonyl (C=O) groups is 1. The van der Waals surface area contributed by atoms with E-state index >= 15 is 0 Å². The molecule has 0 aliphatic rings. The second-order valence-electron chi connectivity index (χ2n) is 2.20. The average molecular weight is 180 g/mol. The van der Waals surface area contributed by atoms with Gasteiger partial charge in [-0.15, -0.1) is 0 Å². The highest BCUT2D eigenvalue weighted by atomic mass is 35.5. The first kappa shape index (κ1) is 9.14. The van der Waals surface area contributed by atoms with Crippen molar-refractivity contribution in [2.24, 2.45) is 0 Å². The summed E-state index contributed by atoms with van der Waals surface area (Å²) in [4.78, 5) is 11.1. The summed E-state index contributed by atoms with van der Waals surface area (Å²) < 4.78 is 4.49. The lowest BCUT2D eigenvalue weighted by Crippen LogP contribution is -2.17. The summed E-state index contributed by atoms with van der Waals surface area (Å²) in [7, 11) is 6.80. The van der Waals surface area contributed by atoms with Crippen LogP contribution in [0.4, 0.5) is 0 Å². The predicted molar refractivity (Wildman–Crippen MR) is 48.2 cm³/mol. The monoisotopic (exact) mass is 180 g/mol. The molecule has 0 amide bonds. The third-order valence-corrected chi connectivity index (χ3v) is 1.75. The van der Waals surface area contributed by atoms with Gasteiger partial charge in [-0.1, -0.05) is 29.2 Å². The van der Waals surface area contributed by atoms with Gasteiger partial charge in [0.25, 0.3) is 0 Å². The number of halogens is 1. The molecule has 0 heterocycles. The standard InChI is InChI=1S/C8H6BClO2/c1-12-8(11)7-5(9)3-2-4-6(7)10/h2-4H,1H3. The van der Waals surface area contributed by atoms with E-state index in [1.54, 1.807) is 18.2 Å². The number of carbonyl (C=O) groups excluding carboxylic acids is 1. The van der Waals surface area contributed by atoms with Crippen LogP contribution in [-0.4, -0.2) is 20.9 Å². The molecule has 0 aromatic heterocycles. The van der Waals surface area contributed by atoms with Crippen molar-refractivity contribution >= 4 is 30.9 Å². The van der Waals surface area contributed by atoms with Crippen molar-refractivity contribution in [3.05, 3.63) is 28.8 Å². The molecular weight excluding hydrogens is 174 g/mol. The van der Waals surface area contributed by atoms with Crippen LogP contribution >= 0.6 is 11.6 Å². The summed E-state index contributed by atoms with van der Waals surface area (Å²) in [5, 5.41) is 0.307. The first-order valence-corrected chi connectivity index (χ1v) is 3.67. The van der Waals surface area contributed by atoms with Crippen LogP contribution in [0.1, 0.15) is 10.4 Å². The van der Waals surface area contributed by atoms with Gasteiger partial charge in [0.15, 0.2) is 0 Å². The van der Waals surface area contributed by atoms with Crippen LogP contribution in [0.2, 0.25) is 5.02 Å². The Morgan fingerprint density at radius 2 is 2.25 bits per heavy atom. The Morgan fingerprint density at radius 3 is 2.75 bits per heavy atom. The molecule has 0 aliphatic carbocycles. The molecule has 0 fully saturated rings. The largest absolute Gasteiger partial charge is 0.465 e. The van der Waals surface area contributed by atoms with Crippen LogP contribution in [0, 0.1) is 0 Å². The molecule has 0 N–H and O–H groups in total. The molecular formula is C8H6BClO2. The van der Waals surface area contributed by atoms with Gasteiger partial charge in [0.2, 0.25) is 0 Å². The van der Waals surface area contributed by atoms with Crippen molar-refractivity contribution < 1.29 is 9.53 Å². The maximum Gasteiger partial charge on any atom is 0.338 e. The summed E-state index contributed by atoms with van der Waals surface area (Å²) in [6.45, 7) is 0. The SMILES string of the molecule is [B]c1cccc(Cl)c1C(=O)OC. The number of rotatable bonds is 1. The number of esters is 1. The fourth-order valence-corrected chi connectivity index (χ4v) is 1.12. The Balaban J connectivity index is 3.21. The van der Waals surface area contributed by atoms with Crippen LogP contribution in [-0.2, 0) is 4.74 Å². The van der Waals surface area contributed by atoms with Gasteiger partial charge in [0.1, 0.15) is 7.85 Å². The number of hydrogen-bond acceptors (Lipinski definition) is 2. The van der Waals surface area contributed by atoms with Crippen molar-refractivity contribution in [3.8, 4) is 0 Å². The minimum Gasteiger partial charge on any atom is -0.465 e. The maximum atomic E-state index is 11.1. The number of methoxy groups -OCH3 is 1. The van der Waals surface area contributed by atoms with Gasteiger partial charge in [-0.2, -0.15) is 0 Å². The van der Waals surface area contributed by atoms with Crippen molar-refractivity contribution in [3.63, 3.8) is 0 Å². The lowest BCUT2D eigenvalue weighted by atomic mass is 9.91. The van der Waals surface area contributed by atoms with Crippen molar-refractivity contribution in [2.45, 2.75) is 0 Å². The van der Waals surface area contributed by atoms with Gasteiger partial charge in [-0.25, -0.2) is 4.79 Å². The smallest absolute Gasteiger partial charge is 0.338 e. The van der Waals surface area contributed by atoms with Crippen LogP contribution in [0.15, 0.2) is 18.2 Å². The molecule has 1 aromatic carbocycles. The Bertz CT molecular complexity index is 292. The molecule has 2 nitrogen and oxygen atoms in total. The van der Waals surface area contributed by atoms with Gasteiger partial charge in [-0.3, -0.25) is 0 Å². The molecule has 0 atom stereocenters. The van der Waals surface area contributed by atoms with E-state index < -0.39 is 5.97 Å². The van der Waals surface area contributed by atoms with E-state index in [0.717, 1.165) is 0 Å². The molecule has 1 aromatic rings. The Morgan fingerprint density at radius 1 is 1.58 bits per heavy atom. The molecule has 4 heteroatoms. The van der Waals surface area contributed by atoms with Crippen molar-refractivity contribution in [2.75, 3.05) is 7.11 Å². The van der Waals surface area contributed by atoms with Crippen molar-refractivity contribution in [1.82, 2.24) is 0 Å². The molecule has 60 valence electrons. The third-order valence-electron chi connectivity index (χ3n) is 1.44. The van der Waals surface area contributed by atoms with Crippen molar-refractivity contribution in [1.29, 1.82) is 0 Å². The molecule has 0 bridgehead atoms. The fraction of sp³-hybridized carbons (Fsp3) is 0.125. The highest BCUT2D eigenvalue weighted by Crippen LogP contribution is 2.13. The van der Waals surface area contributed by atoms with E-state index in [4.69, 9.17) is 19.4 Å². The summed E-state index contributed by atoms with van der Waals surface area (Å²) in [6.07, 6.45) is 0. The molecule has 0 spiro atoms. The summed E-state index contributed by atoms with van der Waals surface area (Å²) in [6, 6.07) is 4.85. The molecule has 2 radical (unpaired) electrons. The zero-order chi connectivity index (χ0) is 9.14. The molecule has 0 unspecified atom stereocenters. The topological polar surface area (TPSA) is 26.3 Å². The van der Waals surface area contributed by atoms with Crippen LogP contribution in [0.25, 0.3) is 0 Å². The summed E-state index contributed by atoms with van der Waals surface area (Å²) >= 11 is 5.72. The Hall–Kier alpha value is -0.955. The molecule has 1 rings (SSSR count). The molecule has 0 aliphatic heterocycles. The van der Waals surface area contributed by atoms with Gasteiger partial charge in [0, 0.05) is 0 Å². The number of hydrogen-bond donors (Lipinski definition) is 0. The van der Waals surface area contributed by atoms with Crippen LogP contribution < -0.4 is 5.46 Å². The minimum absolute atomic E-state index is 0.224. The highest BCUT2D eigenvalue weighted by molar-refractivity contribution is 6.41. The van der Waals surface area contributed by atoms with E-state index in [-0.39, 0.29) is 5.56 Å². The number of ether oxygens (including phenoxy) is 1. The lowest BCUT2D eigenvalue weighted by molar-refractivity contribution is 0.0602.